The van der Waals surface area contributed by atoms with E-state index in [1.807, 2.05) is 24.4 Å². The predicted molar refractivity (Wildman–Crippen MR) is 126 cm³/mol. The summed E-state index contributed by atoms with van der Waals surface area (Å²) < 4.78 is 2.35. The van der Waals surface area contributed by atoms with Crippen LogP contribution in [0.3, 0.4) is 0 Å². The number of para-hydroxylation sites is 2. The molecule has 1 radical (unpaired) electrons. The van der Waals surface area contributed by atoms with E-state index in [1.54, 1.807) is 11.3 Å². The minimum atomic E-state index is 0. The van der Waals surface area contributed by atoms with Gasteiger partial charge in [0.1, 0.15) is 0 Å². The fraction of sp³-hybridized carbons (Fsp3) is 0. The van der Waals surface area contributed by atoms with Gasteiger partial charge in [-0.2, -0.15) is 12.1 Å². The third kappa shape index (κ3) is 3.43. The molecule has 3 aromatic heterocycles. The van der Waals surface area contributed by atoms with Crippen molar-refractivity contribution in [2.24, 2.45) is 0 Å². The van der Waals surface area contributed by atoms with E-state index in [9.17, 15) is 0 Å². The number of thiophene rings is 1. The van der Waals surface area contributed by atoms with E-state index >= 15 is 0 Å². The Morgan fingerprint density at radius 2 is 1.45 bits per heavy atom. The van der Waals surface area contributed by atoms with Crippen LogP contribution in [0.4, 0.5) is 0 Å². The molecule has 6 rings (SSSR count). The molecule has 0 atom stereocenters. The summed E-state index contributed by atoms with van der Waals surface area (Å²) in [5.74, 6) is 0. The second kappa shape index (κ2) is 8.24. The Kier molecular flexibility index (Phi) is 5.29. The third-order valence-corrected chi connectivity index (χ3v) is 6.52. The second-order valence-electron chi connectivity index (χ2n) is 7.22. The Bertz CT molecular complexity index is 1440. The van der Waals surface area contributed by atoms with E-state index in [1.165, 1.54) is 32.2 Å². The van der Waals surface area contributed by atoms with Crippen molar-refractivity contribution < 1.29 is 20.1 Å². The first-order chi connectivity index (χ1) is 14.9. The molecule has 3 heterocycles. The summed E-state index contributed by atoms with van der Waals surface area (Å²) >= 11 is 1.72. The van der Waals surface area contributed by atoms with Crippen LogP contribution in [0.25, 0.3) is 48.5 Å². The number of benzene rings is 3. The summed E-state index contributed by atoms with van der Waals surface area (Å²) in [6, 6.07) is 37.4. The summed E-state index contributed by atoms with van der Waals surface area (Å²) in [5, 5.41) is 2.56. The number of pyridine rings is 1. The van der Waals surface area contributed by atoms with Gasteiger partial charge in [0.25, 0.3) is 0 Å². The van der Waals surface area contributed by atoms with Crippen LogP contribution in [0.5, 0.6) is 0 Å². The van der Waals surface area contributed by atoms with E-state index in [4.69, 9.17) is 0 Å². The molecule has 0 saturated carbocycles. The number of fused-ring (bicyclic) bond motifs is 3. The Morgan fingerprint density at radius 3 is 2.16 bits per heavy atom. The average molecular weight is 594 g/mol. The SMILES string of the molecule is [Ir].[c-]1cc(-c2cccc(-n3c4ccccc4c4ccccc43)c2)sc1-c1ccccn1. The van der Waals surface area contributed by atoms with Gasteiger partial charge in [0.05, 0.1) is 11.0 Å². The number of nitrogens with zero attached hydrogens (tertiary/aromatic N) is 2. The van der Waals surface area contributed by atoms with Gasteiger partial charge in [0, 0.05) is 42.8 Å². The van der Waals surface area contributed by atoms with Crippen LogP contribution in [-0.4, -0.2) is 9.55 Å². The molecular weight excluding hydrogens is 577 g/mol. The Labute approximate surface area is 198 Å². The van der Waals surface area contributed by atoms with Crippen LogP contribution >= 0.6 is 11.3 Å². The Balaban J connectivity index is 0.00000204. The zero-order valence-electron chi connectivity index (χ0n) is 16.5. The molecule has 0 amide bonds. The van der Waals surface area contributed by atoms with Crippen LogP contribution < -0.4 is 0 Å². The molecule has 2 nitrogen and oxygen atoms in total. The van der Waals surface area contributed by atoms with Crippen molar-refractivity contribution in [1.29, 1.82) is 0 Å². The van der Waals surface area contributed by atoms with Crippen LogP contribution in [0.15, 0.2) is 103 Å². The molecule has 6 aromatic rings. The Hall–Kier alpha value is -3.04. The summed E-state index contributed by atoms with van der Waals surface area (Å²) in [4.78, 5) is 6.71. The third-order valence-electron chi connectivity index (χ3n) is 5.41. The monoisotopic (exact) mass is 594 g/mol. The summed E-state index contributed by atoms with van der Waals surface area (Å²) in [6.45, 7) is 0. The molecule has 4 heteroatoms. The molecule has 3 aromatic carbocycles. The van der Waals surface area contributed by atoms with Gasteiger partial charge in [-0.15, -0.1) is 0 Å². The molecular formula is C27H17IrN2S-. The molecule has 0 saturated heterocycles. The standard InChI is InChI=1S/C27H17N2S.Ir/c1-3-13-24-21(10-1)22-11-2-4-14-25(22)29(24)20-9-7-8-19(18-20)26-15-16-27(30-26)23-12-5-6-17-28-23;/h1-15,17-18H;/q-1;. The first kappa shape index (κ1) is 19.9. The largest absolute Gasteiger partial charge is 0.319 e. The number of hydrogen-bond donors (Lipinski definition) is 0. The fourth-order valence-electron chi connectivity index (χ4n) is 4.06. The van der Waals surface area contributed by atoms with Crippen LogP contribution in [0, 0.1) is 6.07 Å². The maximum atomic E-state index is 4.46. The number of aromatic nitrogens is 2. The van der Waals surface area contributed by atoms with Crippen LogP contribution in [-0.2, 0) is 20.1 Å². The minimum Gasteiger partial charge on any atom is -0.319 e. The summed E-state index contributed by atoms with van der Waals surface area (Å²) in [5.41, 5.74) is 5.77. The molecule has 0 unspecified atom stereocenters. The van der Waals surface area contributed by atoms with Crippen LogP contribution in [0.2, 0.25) is 0 Å². The molecule has 0 aliphatic heterocycles. The van der Waals surface area contributed by atoms with E-state index in [2.05, 4.69) is 94.5 Å². The van der Waals surface area contributed by atoms with Gasteiger partial charge in [-0.1, -0.05) is 76.0 Å². The van der Waals surface area contributed by atoms with E-state index < -0.39 is 0 Å². The van der Waals surface area contributed by atoms with Crippen molar-refractivity contribution in [2.75, 3.05) is 0 Å². The van der Waals surface area contributed by atoms with Gasteiger partial charge in [-0.05, 0) is 36.0 Å². The summed E-state index contributed by atoms with van der Waals surface area (Å²) in [7, 11) is 0. The van der Waals surface area contributed by atoms with Gasteiger partial charge < -0.3 is 9.55 Å². The van der Waals surface area contributed by atoms with Crippen molar-refractivity contribution >= 4 is 33.1 Å². The maximum absolute atomic E-state index is 4.46. The van der Waals surface area contributed by atoms with Crippen molar-refractivity contribution in [1.82, 2.24) is 9.55 Å². The van der Waals surface area contributed by atoms with Gasteiger partial charge >= 0.3 is 0 Å². The van der Waals surface area contributed by atoms with Gasteiger partial charge in [0.15, 0.2) is 0 Å². The number of hydrogen-bond acceptors (Lipinski definition) is 2. The van der Waals surface area contributed by atoms with E-state index in [0.29, 0.717) is 0 Å². The fourth-order valence-corrected chi connectivity index (χ4v) is 4.99. The first-order valence-electron chi connectivity index (χ1n) is 9.90. The maximum Gasteiger partial charge on any atom is 0.0541 e. The Morgan fingerprint density at radius 1 is 0.742 bits per heavy atom. The average Bonchev–Trinajstić information content (AvgIpc) is 3.43. The summed E-state index contributed by atoms with van der Waals surface area (Å²) in [6.07, 6.45) is 1.82. The zero-order valence-corrected chi connectivity index (χ0v) is 19.7. The molecule has 0 spiro atoms. The quantitative estimate of drug-likeness (QED) is 0.196. The van der Waals surface area contributed by atoms with Gasteiger partial charge in [0.2, 0.25) is 0 Å². The molecule has 0 N–H and O–H groups in total. The second-order valence-corrected chi connectivity index (χ2v) is 8.27. The van der Waals surface area contributed by atoms with Crippen molar-refractivity contribution in [3.8, 4) is 26.7 Å². The molecule has 0 aliphatic carbocycles. The van der Waals surface area contributed by atoms with Gasteiger partial charge in [-0.3, -0.25) is 0 Å². The topological polar surface area (TPSA) is 17.8 Å². The molecule has 0 fully saturated rings. The normalized spacial score (nSPS) is 11.0. The van der Waals surface area contributed by atoms with Gasteiger partial charge in [-0.25, -0.2) is 11.3 Å². The van der Waals surface area contributed by atoms with E-state index in [-0.39, 0.29) is 20.1 Å². The molecule has 0 bridgehead atoms. The first-order valence-corrected chi connectivity index (χ1v) is 10.7. The minimum absolute atomic E-state index is 0. The van der Waals surface area contributed by atoms with Crippen molar-refractivity contribution in [3.63, 3.8) is 0 Å². The number of rotatable bonds is 3. The predicted octanol–water partition coefficient (Wildman–Crippen LogP) is 7.37. The van der Waals surface area contributed by atoms with E-state index in [0.717, 1.165) is 16.3 Å². The zero-order chi connectivity index (χ0) is 19.9. The molecule has 0 aliphatic rings. The van der Waals surface area contributed by atoms with Crippen molar-refractivity contribution in [3.05, 3.63) is 109 Å². The smallest absolute Gasteiger partial charge is 0.0541 e. The molecule has 151 valence electrons. The molecule has 31 heavy (non-hydrogen) atoms. The van der Waals surface area contributed by atoms with Crippen LogP contribution in [0.1, 0.15) is 0 Å². The van der Waals surface area contributed by atoms with Crippen molar-refractivity contribution in [2.45, 2.75) is 0 Å².